The molecule has 158 valence electrons. The molecule has 0 saturated heterocycles. The van der Waals surface area contributed by atoms with Crippen molar-refractivity contribution < 1.29 is 38.6 Å². The van der Waals surface area contributed by atoms with E-state index in [-0.39, 0.29) is 23.6 Å². The van der Waals surface area contributed by atoms with E-state index in [2.05, 4.69) is 5.32 Å². The van der Waals surface area contributed by atoms with Gasteiger partial charge in [-0.2, -0.15) is 0 Å². The number of nitrogens with one attached hydrogen (secondary N) is 1. The van der Waals surface area contributed by atoms with Crippen molar-refractivity contribution in [2.24, 2.45) is 5.41 Å². The van der Waals surface area contributed by atoms with Crippen LogP contribution in [0.3, 0.4) is 0 Å². The van der Waals surface area contributed by atoms with E-state index in [9.17, 15) is 24.5 Å². The Hall–Kier alpha value is -2.75. The molecule has 1 atom stereocenters. The molecule has 0 radical (unpaired) electrons. The Kier molecular flexibility index (Phi) is 7.13. The van der Waals surface area contributed by atoms with Crippen LogP contribution < -0.4 is 9.97 Å². The molecule has 9 nitrogen and oxygen atoms in total. The number of ether oxygens (including phenoxy) is 2. The predicted molar refractivity (Wildman–Crippen MR) is 103 cm³/mol. The van der Waals surface area contributed by atoms with E-state index >= 15 is 0 Å². The molecule has 29 heavy (non-hydrogen) atoms. The molecule has 1 aromatic rings. The molecule has 1 aliphatic heterocycles. The first-order valence-electron chi connectivity index (χ1n) is 9.37. The number of esters is 2. The number of fused-ring (bicyclic) bond motifs is 1. The molecular formula is C19H26BNO8. The smallest absolute Gasteiger partial charge is 0.534 e. The van der Waals surface area contributed by atoms with Gasteiger partial charge in [0.05, 0.1) is 11.4 Å². The highest BCUT2D eigenvalue weighted by Crippen LogP contribution is 2.36. The SMILES string of the molecule is CCCC(=O)N[C@H]1Cc2ccc(O)c(C(=O)OCOC(=O)C(C)(C)C)c2OB1O. The number of phenolic OH excluding ortho intramolecular Hbond substituents is 1. The maximum atomic E-state index is 12.4. The summed E-state index contributed by atoms with van der Waals surface area (Å²) in [5.41, 5.74) is -0.537. The van der Waals surface area contributed by atoms with Crippen molar-refractivity contribution in [2.75, 3.05) is 6.79 Å². The zero-order valence-electron chi connectivity index (χ0n) is 17.0. The second-order valence-corrected chi connectivity index (χ2v) is 7.82. The minimum atomic E-state index is -1.41. The first-order valence-corrected chi connectivity index (χ1v) is 9.37. The summed E-state index contributed by atoms with van der Waals surface area (Å²) in [5.74, 6) is -2.88. The lowest BCUT2D eigenvalue weighted by Gasteiger charge is -2.29. The van der Waals surface area contributed by atoms with Gasteiger partial charge < -0.3 is 29.6 Å². The number of hydrogen-bond donors (Lipinski definition) is 3. The van der Waals surface area contributed by atoms with Crippen LogP contribution in [0.1, 0.15) is 56.5 Å². The average Bonchev–Trinajstić information content (AvgIpc) is 2.61. The molecular weight excluding hydrogens is 381 g/mol. The van der Waals surface area contributed by atoms with Gasteiger partial charge in [-0.05, 0) is 45.2 Å². The number of amides is 1. The fourth-order valence-corrected chi connectivity index (χ4v) is 2.70. The second-order valence-electron chi connectivity index (χ2n) is 7.82. The number of aromatic hydroxyl groups is 1. The topological polar surface area (TPSA) is 131 Å². The average molecular weight is 407 g/mol. The number of carbonyl (C=O) groups is 3. The maximum absolute atomic E-state index is 12.4. The van der Waals surface area contributed by atoms with Crippen molar-refractivity contribution in [3.05, 3.63) is 23.3 Å². The van der Waals surface area contributed by atoms with Crippen molar-refractivity contribution in [1.29, 1.82) is 0 Å². The number of phenols is 1. The van der Waals surface area contributed by atoms with Gasteiger partial charge in [-0.15, -0.1) is 0 Å². The molecule has 10 heteroatoms. The first-order chi connectivity index (χ1) is 13.5. The highest BCUT2D eigenvalue weighted by Gasteiger charge is 2.39. The van der Waals surface area contributed by atoms with Gasteiger partial charge in [0, 0.05) is 6.42 Å². The Morgan fingerprint density at radius 2 is 1.97 bits per heavy atom. The quantitative estimate of drug-likeness (QED) is 0.366. The zero-order valence-corrected chi connectivity index (χ0v) is 17.0. The molecule has 1 aliphatic rings. The monoisotopic (exact) mass is 407 g/mol. The van der Waals surface area contributed by atoms with Gasteiger partial charge >= 0.3 is 19.1 Å². The van der Waals surface area contributed by atoms with E-state index in [0.29, 0.717) is 18.4 Å². The highest BCUT2D eigenvalue weighted by atomic mass is 16.7. The lowest BCUT2D eigenvalue weighted by molar-refractivity contribution is -0.161. The number of rotatable bonds is 6. The first kappa shape index (κ1) is 22.5. The Balaban J connectivity index is 2.12. The van der Waals surface area contributed by atoms with Crippen molar-refractivity contribution >= 4 is 25.0 Å². The number of carbonyl (C=O) groups excluding carboxylic acids is 3. The van der Waals surface area contributed by atoms with Crippen molar-refractivity contribution in [3.8, 4) is 11.5 Å². The second kappa shape index (κ2) is 9.17. The van der Waals surface area contributed by atoms with Gasteiger partial charge in [-0.25, -0.2) is 4.79 Å². The van der Waals surface area contributed by atoms with E-state index in [1.165, 1.54) is 12.1 Å². The summed E-state index contributed by atoms with van der Waals surface area (Å²) < 4.78 is 15.2. The van der Waals surface area contributed by atoms with Crippen LogP contribution in [0.25, 0.3) is 0 Å². The molecule has 1 aromatic carbocycles. The van der Waals surface area contributed by atoms with Gasteiger partial charge in [0.15, 0.2) is 0 Å². The van der Waals surface area contributed by atoms with Gasteiger partial charge in [0.1, 0.15) is 17.1 Å². The van der Waals surface area contributed by atoms with Gasteiger partial charge in [-0.3, -0.25) is 9.59 Å². The minimum absolute atomic E-state index is 0.0364. The van der Waals surface area contributed by atoms with Crippen LogP contribution in [0.2, 0.25) is 0 Å². The lowest BCUT2D eigenvalue weighted by Crippen LogP contribution is -2.53. The standard InChI is InChI=1S/C19H26BNO8/c1-5-6-14(23)21-13-9-11-7-8-12(22)15(16(11)29-20(13)26)17(24)27-10-28-18(25)19(2,3)4/h7-8,13,22,26H,5-6,9-10H2,1-4H3,(H,21,23)/t13-/m0/s1. The summed E-state index contributed by atoms with van der Waals surface area (Å²) in [6.45, 7) is 6.20. The van der Waals surface area contributed by atoms with Gasteiger partial charge in [-0.1, -0.05) is 13.0 Å². The minimum Gasteiger partial charge on any atom is -0.534 e. The molecule has 0 spiro atoms. The summed E-state index contributed by atoms with van der Waals surface area (Å²) in [5, 5.41) is 23.0. The van der Waals surface area contributed by atoms with E-state index in [0.717, 1.165) is 0 Å². The number of benzene rings is 1. The predicted octanol–water partition coefficient (Wildman–Crippen LogP) is 1.34. The fraction of sp³-hybridized carbons (Fsp3) is 0.526. The Bertz CT molecular complexity index is 789. The summed E-state index contributed by atoms with van der Waals surface area (Å²) in [6, 6.07) is 2.83. The molecule has 0 unspecified atom stereocenters. The van der Waals surface area contributed by atoms with E-state index in [4.69, 9.17) is 14.1 Å². The molecule has 3 N–H and O–H groups in total. The van der Waals surface area contributed by atoms with Crippen LogP contribution >= 0.6 is 0 Å². The fourth-order valence-electron chi connectivity index (χ4n) is 2.70. The van der Waals surface area contributed by atoms with Crippen LogP contribution in [0.15, 0.2) is 12.1 Å². The molecule has 0 fully saturated rings. The van der Waals surface area contributed by atoms with Gasteiger partial charge in [0.25, 0.3) is 0 Å². The molecule has 0 saturated carbocycles. The Morgan fingerprint density at radius 3 is 2.59 bits per heavy atom. The van der Waals surface area contributed by atoms with Gasteiger partial charge in [0.2, 0.25) is 12.7 Å². The van der Waals surface area contributed by atoms with E-state index in [1.54, 1.807) is 20.8 Å². The normalized spacial score (nSPS) is 15.8. The van der Waals surface area contributed by atoms with Crippen LogP contribution in [0.5, 0.6) is 11.5 Å². The third-order valence-corrected chi connectivity index (χ3v) is 4.26. The van der Waals surface area contributed by atoms with Crippen LogP contribution in [0, 0.1) is 5.41 Å². The molecule has 0 bridgehead atoms. The molecule has 2 rings (SSSR count). The molecule has 1 heterocycles. The zero-order chi connectivity index (χ0) is 21.8. The molecule has 0 aromatic heterocycles. The van der Waals surface area contributed by atoms with E-state index < -0.39 is 43.0 Å². The summed E-state index contributed by atoms with van der Waals surface area (Å²) in [7, 11) is -1.41. The summed E-state index contributed by atoms with van der Waals surface area (Å²) in [6.07, 6.45) is 1.18. The van der Waals surface area contributed by atoms with Crippen molar-refractivity contribution in [2.45, 2.75) is 52.9 Å². The van der Waals surface area contributed by atoms with Crippen LogP contribution in [-0.4, -0.2) is 47.8 Å². The van der Waals surface area contributed by atoms with E-state index in [1.807, 2.05) is 6.92 Å². The summed E-state index contributed by atoms with van der Waals surface area (Å²) in [4.78, 5) is 36.0. The van der Waals surface area contributed by atoms with Crippen LogP contribution in [0.4, 0.5) is 0 Å². The Morgan fingerprint density at radius 1 is 1.28 bits per heavy atom. The molecule has 0 aliphatic carbocycles. The largest absolute Gasteiger partial charge is 0.547 e. The van der Waals surface area contributed by atoms with Crippen LogP contribution in [-0.2, 0) is 25.5 Å². The summed E-state index contributed by atoms with van der Waals surface area (Å²) >= 11 is 0. The number of hydrogen-bond acceptors (Lipinski definition) is 8. The van der Waals surface area contributed by atoms with Crippen molar-refractivity contribution in [3.63, 3.8) is 0 Å². The lowest BCUT2D eigenvalue weighted by atomic mass is 9.72. The van der Waals surface area contributed by atoms with Crippen molar-refractivity contribution in [1.82, 2.24) is 5.32 Å². The Labute approximate surface area is 169 Å². The highest BCUT2D eigenvalue weighted by molar-refractivity contribution is 6.47. The maximum Gasteiger partial charge on any atom is 0.547 e. The molecule has 1 amide bonds. The third-order valence-electron chi connectivity index (χ3n) is 4.26. The third kappa shape index (κ3) is 5.63.